The van der Waals surface area contributed by atoms with E-state index in [0.717, 1.165) is 27.3 Å². The van der Waals surface area contributed by atoms with Crippen molar-refractivity contribution in [3.63, 3.8) is 0 Å². The number of aliphatic hydroxyl groups is 1. The summed E-state index contributed by atoms with van der Waals surface area (Å²) in [5.74, 6) is -0.655. The number of unbranched alkanes of at least 4 members (excludes halogenated alkanes) is 3. The molecule has 0 bridgehead atoms. The molecule has 10 rings (SSSR count). The van der Waals surface area contributed by atoms with Crippen LogP contribution in [-0.2, 0) is 49.7 Å². The summed E-state index contributed by atoms with van der Waals surface area (Å²) in [6, 6.07) is 34.0. The van der Waals surface area contributed by atoms with Crippen LogP contribution in [0, 0.1) is 0 Å². The lowest BCUT2D eigenvalue weighted by Crippen LogP contribution is -2.52. The van der Waals surface area contributed by atoms with E-state index < -0.39 is 71.6 Å². The number of ether oxygens (including phenoxy) is 7. The van der Waals surface area contributed by atoms with Crippen LogP contribution in [0.2, 0.25) is 0 Å². The van der Waals surface area contributed by atoms with E-state index in [1.54, 1.807) is 95.0 Å². The Kier molecular flexibility index (Phi) is 21.2. The topological polar surface area (TPSA) is 279 Å². The van der Waals surface area contributed by atoms with Crippen molar-refractivity contribution in [2.24, 2.45) is 5.73 Å². The molecule has 6 N–H and O–H groups in total. The third kappa shape index (κ3) is 16.2. The van der Waals surface area contributed by atoms with E-state index >= 15 is 0 Å². The highest BCUT2D eigenvalue weighted by Crippen LogP contribution is 2.46. The molecule has 0 saturated heterocycles. The van der Waals surface area contributed by atoms with Gasteiger partial charge in [-0.2, -0.15) is 0 Å². The molecule has 6 aromatic rings. The zero-order valence-corrected chi connectivity index (χ0v) is 54.9. The summed E-state index contributed by atoms with van der Waals surface area (Å²) in [5.41, 5.74) is 10.6. The van der Waals surface area contributed by atoms with Gasteiger partial charge in [0, 0.05) is 35.7 Å². The summed E-state index contributed by atoms with van der Waals surface area (Å²) in [6.07, 6.45) is 0.284. The third-order valence-corrected chi connectivity index (χ3v) is 16.7. The second-order valence-corrected chi connectivity index (χ2v) is 25.9. The molecule has 4 heterocycles. The Bertz CT molecular complexity index is 3800. The van der Waals surface area contributed by atoms with Crippen LogP contribution in [0.15, 0.2) is 127 Å². The first kappa shape index (κ1) is 68.0. The molecule has 0 aromatic heterocycles. The van der Waals surface area contributed by atoms with Crippen LogP contribution < -0.4 is 60.2 Å². The van der Waals surface area contributed by atoms with Gasteiger partial charge < -0.3 is 69.7 Å². The fourth-order valence-corrected chi connectivity index (χ4v) is 12.1. The molecule has 0 aliphatic carbocycles. The van der Waals surface area contributed by atoms with Crippen molar-refractivity contribution in [1.29, 1.82) is 0 Å². The lowest BCUT2D eigenvalue weighted by atomic mass is 10.0. The number of aliphatic hydroxyl groups excluding tert-OH is 1. The number of amides is 7. The number of carbonyl (C=O) groups is 7. The summed E-state index contributed by atoms with van der Waals surface area (Å²) in [7, 11) is 2.93. The molecule has 0 saturated carbocycles. The molecule has 23 heteroatoms. The van der Waals surface area contributed by atoms with Gasteiger partial charge in [0.2, 0.25) is 11.8 Å². The van der Waals surface area contributed by atoms with Gasteiger partial charge in [-0.15, -0.1) is 0 Å². The molecule has 502 valence electrons. The molecule has 0 fully saturated rings. The summed E-state index contributed by atoms with van der Waals surface area (Å²) in [6.45, 7) is 11.3. The minimum absolute atomic E-state index is 0.0375. The summed E-state index contributed by atoms with van der Waals surface area (Å²) in [5, 5.41) is 20.8. The molecule has 0 spiro atoms. The number of para-hydroxylation sites is 2. The summed E-state index contributed by atoms with van der Waals surface area (Å²) < 4.78 is 41.4. The maximum absolute atomic E-state index is 14.8. The molecular formula is C72H84N8O15. The number of hydrogen-bond donors (Lipinski definition) is 5. The molecule has 5 atom stereocenters. The Morgan fingerprint density at radius 2 is 1.19 bits per heavy atom. The average Bonchev–Trinajstić information content (AvgIpc) is 1.62. The van der Waals surface area contributed by atoms with Crippen molar-refractivity contribution in [2.45, 2.75) is 148 Å². The number of hydrogen-bond acceptors (Lipinski definition) is 16. The maximum Gasteiger partial charge on any atom is 0.416 e. The highest BCUT2D eigenvalue weighted by molar-refractivity contribution is 6.16. The Morgan fingerprint density at radius 3 is 1.82 bits per heavy atom. The molecule has 4 aliphatic rings. The quantitative estimate of drug-likeness (QED) is 0.0295. The maximum atomic E-state index is 14.8. The van der Waals surface area contributed by atoms with Crippen molar-refractivity contribution in [2.75, 3.05) is 65.4 Å². The van der Waals surface area contributed by atoms with Gasteiger partial charge in [-0.25, -0.2) is 19.3 Å². The first-order chi connectivity index (χ1) is 45.5. The summed E-state index contributed by atoms with van der Waals surface area (Å²) in [4.78, 5) is 103. The average molecular weight is 1300 g/mol. The van der Waals surface area contributed by atoms with E-state index in [2.05, 4.69) is 16.0 Å². The zero-order chi connectivity index (χ0) is 67.7. The monoisotopic (exact) mass is 1300 g/mol. The number of nitrogens with one attached hydrogen (secondary N) is 3. The minimum Gasteiger partial charge on any atom is -0.493 e. The van der Waals surface area contributed by atoms with Crippen molar-refractivity contribution in [3.05, 3.63) is 161 Å². The molecule has 4 aliphatic heterocycles. The third-order valence-electron chi connectivity index (χ3n) is 16.7. The highest BCUT2D eigenvalue weighted by Gasteiger charge is 2.48. The standard InChI is InChI=1S/C72H84N8O15/c1-71(2,3)94-68(86)74-32-18-17-25-53(76-63(81)52(73)35-44-21-11-9-12-22-44)64(82)75-48-30-28-45(29-31-48)43-93-70(88)80-57-41-62(60(90-8)39-51(57)66(84)79-55-27-16-14-24-47(55)37-58(79)67(80)85)92-34-20-10-19-33-91-61-40-56-50(38-59(61)89-7)65(83)78-49(36-46-23-13-15-26-54(46)78)42-77(56)69(87)95-72(4,5)6/h9,11-16,21-24,26-31,38-41,49,52-53,58,67,85H,10,17-20,25,32-37,42-43,73H2,1-8H3,(H,74,86)(H,75,82)(H,76,81)/t49-,52-,53-,58-,67?/m0/s1. The number of methoxy groups -OCH3 is 2. The number of fused-ring (bicyclic) bond motifs is 8. The van der Waals surface area contributed by atoms with Gasteiger partial charge in [0.25, 0.3) is 11.8 Å². The van der Waals surface area contributed by atoms with Gasteiger partial charge in [-0.3, -0.25) is 24.1 Å². The number of rotatable bonds is 23. The first-order valence-electron chi connectivity index (χ1n) is 32.1. The Morgan fingerprint density at radius 1 is 0.611 bits per heavy atom. The number of nitrogens with two attached hydrogens (primary N) is 1. The van der Waals surface area contributed by atoms with Crippen LogP contribution in [-0.4, -0.2) is 129 Å². The Labute approximate surface area is 553 Å². The van der Waals surface area contributed by atoms with Gasteiger partial charge in [0.1, 0.15) is 23.9 Å². The molecule has 6 aromatic carbocycles. The number of carbonyl (C=O) groups excluding carboxylic acids is 7. The highest BCUT2D eigenvalue weighted by atomic mass is 16.6. The number of anilines is 5. The molecular weight excluding hydrogens is 1220 g/mol. The minimum atomic E-state index is -1.59. The Balaban J connectivity index is 0.793. The lowest BCUT2D eigenvalue weighted by molar-refractivity contribution is -0.127. The fourth-order valence-electron chi connectivity index (χ4n) is 12.1. The van der Waals surface area contributed by atoms with Gasteiger partial charge in [0.05, 0.1) is 74.6 Å². The number of benzene rings is 6. The van der Waals surface area contributed by atoms with Crippen LogP contribution in [0.3, 0.4) is 0 Å². The van der Waals surface area contributed by atoms with Gasteiger partial charge >= 0.3 is 18.3 Å². The number of alkyl carbamates (subject to hydrolysis) is 1. The predicted molar refractivity (Wildman–Crippen MR) is 358 cm³/mol. The molecule has 23 nitrogen and oxygen atoms in total. The van der Waals surface area contributed by atoms with E-state index in [4.69, 9.17) is 38.9 Å². The second kappa shape index (κ2) is 29.6. The van der Waals surface area contributed by atoms with Crippen LogP contribution in [0.25, 0.3) is 0 Å². The first-order valence-corrected chi connectivity index (χ1v) is 32.1. The van der Waals surface area contributed by atoms with Crippen molar-refractivity contribution < 1.29 is 71.8 Å². The van der Waals surface area contributed by atoms with Crippen LogP contribution >= 0.6 is 0 Å². The smallest absolute Gasteiger partial charge is 0.416 e. The normalized spacial score (nSPS) is 16.8. The number of nitrogens with zero attached hydrogens (tertiary/aromatic N) is 4. The van der Waals surface area contributed by atoms with Crippen LogP contribution in [0.4, 0.5) is 42.8 Å². The van der Waals surface area contributed by atoms with E-state index in [9.17, 15) is 38.7 Å². The molecule has 95 heavy (non-hydrogen) atoms. The molecule has 7 amide bonds. The van der Waals surface area contributed by atoms with Crippen molar-refractivity contribution in [3.8, 4) is 23.0 Å². The van der Waals surface area contributed by atoms with Crippen LogP contribution in [0.5, 0.6) is 23.0 Å². The van der Waals surface area contributed by atoms with Gasteiger partial charge in [-0.1, -0.05) is 78.9 Å². The molecule has 0 radical (unpaired) electrons. The zero-order valence-electron chi connectivity index (χ0n) is 54.9. The van der Waals surface area contributed by atoms with Gasteiger partial charge in [-0.05, 0) is 158 Å². The molecule has 1 unspecified atom stereocenters. The van der Waals surface area contributed by atoms with Crippen LogP contribution in [0.1, 0.15) is 123 Å². The Hall–Kier alpha value is -9.87. The van der Waals surface area contributed by atoms with Crippen molar-refractivity contribution >= 4 is 70.3 Å². The largest absolute Gasteiger partial charge is 0.493 e. The summed E-state index contributed by atoms with van der Waals surface area (Å²) >= 11 is 0. The van der Waals surface area contributed by atoms with E-state index in [-0.39, 0.29) is 92.4 Å². The van der Waals surface area contributed by atoms with E-state index in [1.165, 1.54) is 36.2 Å². The SMILES string of the molecule is COc1cc2c(cc1OCCCCCOc1cc3c(cc1OC)C(=O)N1c4ccccc4C[C@H]1C(O)N3C(=O)OCc1ccc(NC(=O)[C@H](CCCCNC(=O)OC(C)(C)C)NC(=O)[C@@H](N)Cc3ccccc3)cc1)N(C(=O)OC(C)(C)C)C[C@@H]1Cc3ccccc3N1C2=O. The van der Waals surface area contributed by atoms with E-state index in [0.29, 0.717) is 72.6 Å². The van der Waals surface area contributed by atoms with Crippen molar-refractivity contribution in [1.82, 2.24) is 10.6 Å². The fraction of sp³-hybridized carbons (Fsp3) is 0.403. The lowest BCUT2D eigenvalue weighted by Gasteiger charge is -2.32. The second-order valence-electron chi connectivity index (χ2n) is 25.9. The predicted octanol–water partition coefficient (Wildman–Crippen LogP) is 10.4. The van der Waals surface area contributed by atoms with Gasteiger partial charge in [0.15, 0.2) is 29.2 Å². The van der Waals surface area contributed by atoms with E-state index in [1.807, 2.05) is 66.7 Å².